The highest BCUT2D eigenvalue weighted by Crippen LogP contribution is 2.17. The number of rotatable bonds is 4. The summed E-state index contributed by atoms with van der Waals surface area (Å²) < 4.78 is 28.7. The number of hydrogen-bond donors (Lipinski definition) is 0. The molecule has 1 aliphatic heterocycles. The molecule has 0 bridgehead atoms. The number of hydrogen-bond acceptors (Lipinski definition) is 5. The highest BCUT2D eigenvalue weighted by atomic mass is 19.3. The fourth-order valence-electron chi connectivity index (χ4n) is 2.74. The Hall–Kier alpha value is -2.77. The topological polar surface area (TPSA) is 58.6 Å². The van der Waals surface area contributed by atoms with Crippen LogP contribution in [0.1, 0.15) is 16.8 Å². The second kappa shape index (κ2) is 7.87. The number of amides is 1. The summed E-state index contributed by atoms with van der Waals surface area (Å²) in [6.07, 6.45) is 4.19. The van der Waals surface area contributed by atoms with Gasteiger partial charge < -0.3 is 14.5 Å². The van der Waals surface area contributed by atoms with E-state index in [1.165, 1.54) is 24.3 Å². The second-order valence-electron chi connectivity index (χ2n) is 5.58. The van der Waals surface area contributed by atoms with Crippen LogP contribution in [0, 0.1) is 0 Å². The number of alkyl halides is 2. The van der Waals surface area contributed by atoms with Crippen molar-refractivity contribution in [1.82, 2.24) is 14.9 Å². The zero-order chi connectivity index (χ0) is 17.6. The molecule has 132 valence electrons. The lowest BCUT2D eigenvalue weighted by molar-refractivity contribution is -0.0498. The third-order valence-corrected chi connectivity index (χ3v) is 3.94. The monoisotopic (exact) mass is 348 g/mol. The summed E-state index contributed by atoms with van der Waals surface area (Å²) in [7, 11) is 0. The van der Waals surface area contributed by atoms with E-state index in [0.29, 0.717) is 31.1 Å². The van der Waals surface area contributed by atoms with E-state index in [1.54, 1.807) is 23.4 Å². The van der Waals surface area contributed by atoms with Gasteiger partial charge in [-0.15, -0.1) is 0 Å². The van der Waals surface area contributed by atoms with Gasteiger partial charge in [0.25, 0.3) is 5.91 Å². The summed E-state index contributed by atoms with van der Waals surface area (Å²) in [5.74, 6) is 0.569. The summed E-state index contributed by atoms with van der Waals surface area (Å²) in [5, 5.41) is 0. The van der Waals surface area contributed by atoms with Crippen LogP contribution in [0.25, 0.3) is 0 Å². The minimum absolute atomic E-state index is 0.0369. The molecule has 1 aromatic heterocycles. The van der Waals surface area contributed by atoms with Crippen molar-refractivity contribution in [3.63, 3.8) is 0 Å². The van der Waals surface area contributed by atoms with Gasteiger partial charge >= 0.3 is 6.61 Å². The van der Waals surface area contributed by atoms with E-state index in [2.05, 4.69) is 14.7 Å². The van der Waals surface area contributed by atoms with Gasteiger partial charge in [-0.3, -0.25) is 4.79 Å². The maximum Gasteiger partial charge on any atom is 0.387 e. The van der Waals surface area contributed by atoms with Gasteiger partial charge in [-0.1, -0.05) is 0 Å². The third-order valence-electron chi connectivity index (χ3n) is 3.94. The van der Waals surface area contributed by atoms with Crippen molar-refractivity contribution >= 4 is 11.9 Å². The molecular formula is C17H18F2N4O2. The lowest BCUT2D eigenvalue weighted by Crippen LogP contribution is -2.35. The van der Waals surface area contributed by atoms with Crippen molar-refractivity contribution in [2.75, 3.05) is 31.1 Å². The number of anilines is 1. The fourth-order valence-corrected chi connectivity index (χ4v) is 2.74. The number of aromatic nitrogens is 2. The molecule has 2 aromatic rings. The molecule has 0 N–H and O–H groups in total. The quantitative estimate of drug-likeness (QED) is 0.849. The van der Waals surface area contributed by atoms with E-state index >= 15 is 0 Å². The van der Waals surface area contributed by atoms with E-state index in [1.807, 2.05) is 4.90 Å². The molecule has 1 aliphatic rings. The van der Waals surface area contributed by atoms with Crippen LogP contribution in [0.15, 0.2) is 42.7 Å². The standard InChI is InChI=1S/C17H18F2N4O2/c18-16(19)25-14-5-3-13(4-6-14)15(24)22-9-2-10-23(12-11-22)17-20-7-1-8-21-17/h1,3-8,16H,2,9-12H2. The van der Waals surface area contributed by atoms with Crippen LogP contribution in [-0.4, -0.2) is 53.6 Å². The molecular weight excluding hydrogens is 330 g/mol. The maximum absolute atomic E-state index is 12.6. The Morgan fingerprint density at radius 2 is 1.76 bits per heavy atom. The number of halogens is 2. The van der Waals surface area contributed by atoms with Gasteiger partial charge in [-0.2, -0.15) is 8.78 Å². The van der Waals surface area contributed by atoms with Crippen molar-refractivity contribution in [3.8, 4) is 5.75 Å². The molecule has 8 heteroatoms. The lowest BCUT2D eigenvalue weighted by Gasteiger charge is -2.22. The predicted molar refractivity (Wildman–Crippen MR) is 87.8 cm³/mol. The number of nitrogens with zero attached hydrogens (tertiary/aromatic N) is 4. The highest BCUT2D eigenvalue weighted by molar-refractivity contribution is 5.94. The van der Waals surface area contributed by atoms with E-state index < -0.39 is 6.61 Å². The van der Waals surface area contributed by atoms with Crippen LogP contribution in [-0.2, 0) is 0 Å². The molecule has 0 atom stereocenters. The summed E-state index contributed by atoms with van der Waals surface area (Å²) in [6.45, 7) is -0.292. The molecule has 1 amide bonds. The minimum atomic E-state index is -2.88. The molecule has 25 heavy (non-hydrogen) atoms. The second-order valence-corrected chi connectivity index (χ2v) is 5.58. The van der Waals surface area contributed by atoms with Gasteiger partial charge in [0, 0.05) is 44.1 Å². The molecule has 0 radical (unpaired) electrons. The zero-order valence-electron chi connectivity index (χ0n) is 13.5. The SMILES string of the molecule is O=C(c1ccc(OC(F)F)cc1)N1CCCN(c2ncccn2)CC1. The Kier molecular flexibility index (Phi) is 5.37. The normalized spacial score (nSPS) is 15.2. The van der Waals surface area contributed by atoms with E-state index in [0.717, 1.165) is 13.0 Å². The molecule has 1 saturated heterocycles. The Balaban J connectivity index is 1.63. The molecule has 0 spiro atoms. The Bertz CT molecular complexity index is 698. The van der Waals surface area contributed by atoms with Crippen LogP contribution in [0.2, 0.25) is 0 Å². The molecule has 2 heterocycles. The number of carbonyl (C=O) groups is 1. The molecule has 6 nitrogen and oxygen atoms in total. The first kappa shape index (κ1) is 17.1. The zero-order valence-corrected chi connectivity index (χ0v) is 13.5. The summed E-state index contributed by atoms with van der Waals surface area (Å²) >= 11 is 0. The third kappa shape index (κ3) is 4.40. The van der Waals surface area contributed by atoms with Crippen molar-refractivity contribution in [1.29, 1.82) is 0 Å². The molecule has 1 fully saturated rings. The average Bonchev–Trinajstić information content (AvgIpc) is 2.88. The maximum atomic E-state index is 12.6. The van der Waals surface area contributed by atoms with E-state index in [-0.39, 0.29) is 11.7 Å². The van der Waals surface area contributed by atoms with Crippen LogP contribution >= 0.6 is 0 Å². The highest BCUT2D eigenvalue weighted by Gasteiger charge is 2.21. The van der Waals surface area contributed by atoms with Gasteiger partial charge in [0.1, 0.15) is 5.75 Å². The largest absolute Gasteiger partial charge is 0.435 e. The van der Waals surface area contributed by atoms with E-state index in [9.17, 15) is 13.6 Å². The van der Waals surface area contributed by atoms with Crippen LogP contribution in [0.3, 0.4) is 0 Å². The van der Waals surface area contributed by atoms with Gasteiger partial charge in [0.2, 0.25) is 5.95 Å². The Morgan fingerprint density at radius 1 is 1.04 bits per heavy atom. The average molecular weight is 348 g/mol. The summed E-state index contributed by atoms with van der Waals surface area (Å²) in [4.78, 5) is 24.9. The van der Waals surface area contributed by atoms with Crippen molar-refractivity contribution in [2.45, 2.75) is 13.0 Å². The molecule has 0 saturated carbocycles. The smallest absolute Gasteiger partial charge is 0.387 e. The summed E-state index contributed by atoms with van der Waals surface area (Å²) in [5.41, 5.74) is 0.450. The molecule has 3 rings (SSSR count). The minimum Gasteiger partial charge on any atom is -0.435 e. The fraction of sp³-hybridized carbons (Fsp3) is 0.353. The summed E-state index contributed by atoms with van der Waals surface area (Å²) in [6, 6.07) is 7.52. The van der Waals surface area contributed by atoms with Crippen LogP contribution in [0.5, 0.6) is 5.75 Å². The van der Waals surface area contributed by atoms with Gasteiger partial charge in [-0.25, -0.2) is 9.97 Å². The number of ether oxygens (including phenoxy) is 1. The number of benzene rings is 1. The van der Waals surface area contributed by atoms with Crippen LogP contribution in [0.4, 0.5) is 14.7 Å². The van der Waals surface area contributed by atoms with Crippen molar-refractivity contribution < 1.29 is 18.3 Å². The van der Waals surface area contributed by atoms with Gasteiger partial charge in [-0.05, 0) is 36.8 Å². The van der Waals surface area contributed by atoms with E-state index in [4.69, 9.17) is 0 Å². The lowest BCUT2D eigenvalue weighted by atomic mass is 10.2. The number of carbonyl (C=O) groups excluding carboxylic acids is 1. The van der Waals surface area contributed by atoms with Crippen molar-refractivity contribution in [3.05, 3.63) is 48.3 Å². The predicted octanol–water partition coefficient (Wildman–Crippen LogP) is 2.43. The molecule has 1 aromatic carbocycles. The Morgan fingerprint density at radius 3 is 2.44 bits per heavy atom. The molecule has 0 aliphatic carbocycles. The van der Waals surface area contributed by atoms with Crippen molar-refractivity contribution in [2.24, 2.45) is 0 Å². The van der Waals surface area contributed by atoms with Gasteiger partial charge in [0.05, 0.1) is 0 Å². The first-order chi connectivity index (χ1) is 12.1. The first-order valence-corrected chi connectivity index (χ1v) is 7.99. The van der Waals surface area contributed by atoms with Gasteiger partial charge in [0.15, 0.2) is 0 Å². The molecule has 0 unspecified atom stereocenters. The van der Waals surface area contributed by atoms with Crippen LogP contribution < -0.4 is 9.64 Å². The Labute approximate surface area is 144 Å². The first-order valence-electron chi connectivity index (χ1n) is 7.99.